The summed E-state index contributed by atoms with van der Waals surface area (Å²) in [5.74, 6) is -0.452. The molecule has 1 N–H and O–H groups in total. The van der Waals surface area contributed by atoms with Crippen LogP contribution in [-0.4, -0.2) is 39.4 Å². The fourth-order valence-electron chi connectivity index (χ4n) is 7.28. The van der Waals surface area contributed by atoms with Gasteiger partial charge >= 0.3 is 6.18 Å². The van der Waals surface area contributed by atoms with Crippen LogP contribution >= 0.6 is 0 Å². The summed E-state index contributed by atoms with van der Waals surface area (Å²) in [5, 5.41) is 11.6. The number of alkyl halides is 3. The lowest BCUT2D eigenvalue weighted by Crippen LogP contribution is -2.46. The molecule has 3 heterocycles. The zero-order chi connectivity index (χ0) is 28.2. The van der Waals surface area contributed by atoms with Crippen LogP contribution in [0.3, 0.4) is 0 Å². The number of anilines is 1. The molecular weight excluding hydrogens is 519 g/mol. The summed E-state index contributed by atoms with van der Waals surface area (Å²) >= 11 is 0. The van der Waals surface area contributed by atoms with Gasteiger partial charge < -0.3 is 14.8 Å². The molecule has 3 atom stereocenters. The average Bonchev–Trinajstić information content (AvgIpc) is 3.64. The smallest absolute Gasteiger partial charge is 0.342 e. The van der Waals surface area contributed by atoms with E-state index in [1.807, 2.05) is 11.0 Å². The Morgan fingerprint density at radius 3 is 2.45 bits per heavy atom. The molecule has 2 aliphatic carbocycles. The second kappa shape index (κ2) is 9.95. The van der Waals surface area contributed by atoms with Gasteiger partial charge in [-0.15, -0.1) is 0 Å². The summed E-state index contributed by atoms with van der Waals surface area (Å²) in [7, 11) is 1.69. The van der Waals surface area contributed by atoms with Gasteiger partial charge in [0.2, 0.25) is 5.91 Å². The maximum absolute atomic E-state index is 14.8. The van der Waals surface area contributed by atoms with Crippen molar-refractivity contribution in [1.82, 2.24) is 14.5 Å². The third-order valence-corrected chi connectivity index (χ3v) is 9.01. The van der Waals surface area contributed by atoms with E-state index in [0.29, 0.717) is 18.7 Å². The van der Waals surface area contributed by atoms with Crippen molar-refractivity contribution >= 4 is 28.5 Å². The van der Waals surface area contributed by atoms with Gasteiger partial charge in [-0.1, -0.05) is 18.9 Å². The van der Waals surface area contributed by atoms with Crippen molar-refractivity contribution in [3.8, 4) is 6.07 Å². The lowest BCUT2D eigenvalue weighted by molar-refractivity contribution is -0.137. The Kier molecular flexibility index (Phi) is 6.56. The topological polar surface area (TPSA) is 91.0 Å². The van der Waals surface area contributed by atoms with Crippen LogP contribution < -0.4 is 5.32 Å². The van der Waals surface area contributed by atoms with E-state index in [9.17, 15) is 22.8 Å². The maximum atomic E-state index is 14.8. The summed E-state index contributed by atoms with van der Waals surface area (Å²) < 4.78 is 45.9. The van der Waals surface area contributed by atoms with Crippen molar-refractivity contribution in [3.63, 3.8) is 0 Å². The largest absolute Gasteiger partial charge is 0.419 e. The van der Waals surface area contributed by atoms with E-state index in [1.54, 1.807) is 17.8 Å². The Labute approximate surface area is 230 Å². The SMILES string of the molecule is Cn1cc(C2[C@@H]3CC[C@H]2CN(C(=O)C2CCCC2)C3)c2c(C(F)(F)F)c(NC(=O)c3cccc(C#N)c3)cnc21. The van der Waals surface area contributed by atoms with Gasteiger partial charge in [-0.3, -0.25) is 9.59 Å². The van der Waals surface area contributed by atoms with Gasteiger partial charge in [-0.25, -0.2) is 4.98 Å². The molecule has 3 aliphatic rings. The Morgan fingerprint density at radius 1 is 1.10 bits per heavy atom. The van der Waals surface area contributed by atoms with Crippen molar-refractivity contribution in [2.45, 2.75) is 50.6 Å². The summed E-state index contributed by atoms with van der Waals surface area (Å²) in [6, 6.07) is 7.74. The molecule has 2 amide bonds. The van der Waals surface area contributed by atoms with Crippen LogP contribution in [-0.2, 0) is 18.0 Å². The van der Waals surface area contributed by atoms with E-state index < -0.39 is 23.3 Å². The second-order valence-electron chi connectivity index (χ2n) is 11.4. The Morgan fingerprint density at radius 2 is 1.80 bits per heavy atom. The van der Waals surface area contributed by atoms with Gasteiger partial charge in [0.1, 0.15) is 5.65 Å². The number of nitrogens with one attached hydrogen (secondary N) is 1. The van der Waals surface area contributed by atoms with Crippen molar-refractivity contribution < 1.29 is 22.8 Å². The van der Waals surface area contributed by atoms with E-state index in [-0.39, 0.29) is 51.7 Å². The lowest BCUT2D eigenvalue weighted by Gasteiger charge is -2.39. The van der Waals surface area contributed by atoms with Crippen LogP contribution in [0.1, 0.15) is 71.5 Å². The number of fused-ring (bicyclic) bond motifs is 3. The minimum absolute atomic E-state index is 0.0102. The molecule has 2 bridgehead atoms. The van der Waals surface area contributed by atoms with Gasteiger partial charge in [0, 0.05) is 43.2 Å². The van der Waals surface area contributed by atoms with Gasteiger partial charge in [0.05, 0.1) is 29.1 Å². The molecule has 1 aromatic carbocycles. The van der Waals surface area contributed by atoms with Crippen LogP contribution in [0.5, 0.6) is 0 Å². The van der Waals surface area contributed by atoms with E-state index in [4.69, 9.17) is 5.26 Å². The third kappa shape index (κ3) is 4.51. The summed E-state index contributed by atoms with van der Waals surface area (Å²) in [6.45, 7) is 1.13. The molecular formula is C30H30F3N5O2. The Hall–Kier alpha value is -3.87. The zero-order valence-corrected chi connectivity index (χ0v) is 22.2. The van der Waals surface area contributed by atoms with Crippen LogP contribution in [0.4, 0.5) is 18.9 Å². The number of carbonyl (C=O) groups is 2. The van der Waals surface area contributed by atoms with Crippen molar-refractivity contribution in [1.29, 1.82) is 5.26 Å². The number of amides is 2. The van der Waals surface area contributed by atoms with Crippen LogP contribution in [0.2, 0.25) is 0 Å². The molecule has 3 aromatic rings. The second-order valence-corrected chi connectivity index (χ2v) is 11.4. The number of halogens is 3. The van der Waals surface area contributed by atoms with Gasteiger partial charge in [-0.05, 0) is 67.2 Å². The van der Waals surface area contributed by atoms with Gasteiger partial charge in [0.15, 0.2) is 0 Å². The first-order valence-corrected chi connectivity index (χ1v) is 13.8. The molecule has 7 nitrogen and oxygen atoms in total. The predicted octanol–water partition coefficient (Wildman–Crippen LogP) is 5.86. The summed E-state index contributed by atoms with van der Waals surface area (Å²) in [6.07, 6.45) is 3.77. The van der Waals surface area contributed by atoms with Crippen molar-refractivity contribution in [2.75, 3.05) is 18.4 Å². The Balaban J connectivity index is 1.38. The van der Waals surface area contributed by atoms with Crippen LogP contribution in [0.15, 0.2) is 36.7 Å². The molecule has 40 heavy (non-hydrogen) atoms. The lowest BCUT2D eigenvalue weighted by atomic mass is 9.79. The fourth-order valence-corrected chi connectivity index (χ4v) is 7.28. The normalized spacial score (nSPS) is 23.0. The zero-order valence-electron chi connectivity index (χ0n) is 22.2. The first-order chi connectivity index (χ1) is 19.2. The molecule has 1 saturated heterocycles. The number of nitriles is 1. The number of rotatable bonds is 4. The monoisotopic (exact) mass is 549 g/mol. The van der Waals surface area contributed by atoms with Gasteiger partial charge in [0.25, 0.3) is 5.91 Å². The van der Waals surface area contributed by atoms with Crippen molar-refractivity contribution in [2.24, 2.45) is 24.8 Å². The number of aromatic nitrogens is 2. The number of nitrogens with zero attached hydrogens (tertiary/aromatic N) is 4. The summed E-state index contributed by atoms with van der Waals surface area (Å²) in [5.41, 5.74) is -0.229. The van der Waals surface area contributed by atoms with Gasteiger partial charge in [-0.2, -0.15) is 18.4 Å². The number of hydrogen-bond acceptors (Lipinski definition) is 4. The average molecular weight is 550 g/mol. The Bertz CT molecular complexity index is 1520. The van der Waals surface area contributed by atoms with Crippen LogP contribution in [0.25, 0.3) is 11.0 Å². The molecule has 1 aliphatic heterocycles. The fraction of sp³-hybridized carbons (Fsp3) is 0.467. The number of likely N-dealkylation sites (tertiary alicyclic amines) is 1. The molecule has 10 heteroatoms. The van der Waals surface area contributed by atoms with E-state index in [1.165, 1.54) is 24.3 Å². The number of benzene rings is 1. The summed E-state index contributed by atoms with van der Waals surface area (Å²) in [4.78, 5) is 32.4. The highest BCUT2D eigenvalue weighted by atomic mass is 19.4. The molecule has 0 radical (unpaired) electrons. The number of piperidine rings is 1. The minimum atomic E-state index is -4.76. The van der Waals surface area contributed by atoms with Crippen molar-refractivity contribution in [3.05, 3.63) is 58.9 Å². The highest BCUT2D eigenvalue weighted by molar-refractivity contribution is 6.06. The molecule has 208 valence electrons. The number of hydrogen-bond donors (Lipinski definition) is 1. The molecule has 0 spiro atoms. The third-order valence-electron chi connectivity index (χ3n) is 9.01. The quantitative estimate of drug-likeness (QED) is 0.442. The molecule has 3 fully saturated rings. The highest BCUT2D eigenvalue weighted by Gasteiger charge is 2.47. The number of pyridine rings is 1. The standard InChI is InChI=1S/C30H30F3N5O2/c1-37-16-22(24-20-9-10-21(24)15-38(14-20)29(40)18-6-2-3-7-18)25-26(30(31,32)33)23(13-35-27(25)37)36-28(39)19-8-4-5-17(11-19)12-34/h4-5,8,11,13,16,18,20-21,24H,2-3,6-7,9-10,14-15H2,1H3,(H,36,39)/t20-,21+,24?. The minimum Gasteiger partial charge on any atom is -0.342 e. The molecule has 6 rings (SSSR count). The maximum Gasteiger partial charge on any atom is 0.419 e. The number of carbonyl (C=O) groups excluding carboxylic acids is 2. The number of aryl methyl sites for hydroxylation is 1. The van der Waals surface area contributed by atoms with E-state index in [2.05, 4.69) is 10.3 Å². The molecule has 1 unspecified atom stereocenters. The first-order valence-electron chi connectivity index (χ1n) is 13.8. The predicted molar refractivity (Wildman–Crippen MR) is 142 cm³/mol. The highest BCUT2D eigenvalue weighted by Crippen LogP contribution is 2.52. The molecule has 2 aromatic heterocycles. The first kappa shape index (κ1) is 26.4. The van der Waals surface area contributed by atoms with Crippen LogP contribution in [0, 0.1) is 29.1 Å². The van der Waals surface area contributed by atoms with E-state index in [0.717, 1.165) is 44.7 Å². The van der Waals surface area contributed by atoms with E-state index >= 15 is 0 Å². The molecule has 2 saturated carbocycles.